The fourth-order valence-electron chi connectivity index (χ4n) is 1.98. The molecule has 1 aromatic carbocycles. The first kappa shape index (κ1) is 14.3. The van der Waals surface area contributed by atoms with Crippen LogP contribution in [-0.2, 0) is 16.0 Å². The zero-order valence-electron chi connectivity index (χ0n) is 11.0. The van der Waals surface area contributed by atoms with Crippen molar-refractivity contribution in [3.63, 3.8) is 0 Å². The molecule has 1 N–H and O–H groups in total. The van der Waals surface area contributed by atoms with Crippen LogP contribution in [0.2, 0.25) is 0 Å². The molecule has 0 radical (unpaired) electrons. The van der Waals surface area contributed by atoms with E-state index < -0.39 is 12.0 Å². The Morgan fingerprint density at radius 1 is 1.30 bits per heavy atom. The standard InChI is InChI=1S/C15H15NO3S/c1-11-7-8-14(20-11)16(10-17)13(15(18)19)9-12-5-3-2-4-6-12/h2-8,10,13H,9H2,1H3,(H,18,19). The smallest absolute Gasteiger partial charge is 0.327 e. The molecule has 0 aliphatic heterocycles. The van der Waals surface area contributed by atoms with Crippen LogP contribution in [0.5, 0.6) is 0 Å². The summed E-state index contributed by atoms with van der Waals surface area (Å²) in [5.74, 6) is -1.01. The number of rotatable bonds is 6. The third-order valence-corrected chi connectivity index (χ3v) is 4.00. The summed E-state index contributed by atoms with van der Waals surface area (Å²) < 4.78 is 0. The highest BCUT2D eigenvalue weighted by Crippen LogP contribution is 2.27. The van der Waals surface area contributed by atoms with Gasteiger partial charge in [0.25, 0.3) is 0 Å². The molecular weight excluding hydrogens is 274 g/mol. The van der Waals surface area contributed by atoms with Gasteiger partial charge in [0, 0.05) is 11.3 Å². The molecule has 1 unspecified atom stereocenters. The van der Waals surface area contributed by atoms with E-state index in [0.717, 1.165) is 10.4 Å². The van der Waals surface area contributed by atoms with E-state index >= 15 is 0 Å². The number of hydrogen-bond donors (Lipinski definition) is 1. The van der Waals surface area contributed by atoms with Gasteiger partial charge in [0.15, 0.2) is 0 Å². The lowest BCUT2D eigenvalue weighted by Gasteiger charge is -2.23. The predicted octanol–water partition coefficient (Wildman–Crippen LogP) is 2.72. The zero-order valence-corrected chi connectivity index (χ0v) is 11.8. The molecule has 0 spiro atoms. The Bertz CT molecular complexity index is 594. The van der Waals surface area contributed by atoms with Gasteiger partial charge in [-0.15, -0.1) is 11.3 Å². The van der Waals surface area contributed by atoms with Crippen molar-refractivity contribution in [1.82, 2.24) is 0 Å². The maximum atomic E-state index is 11.5. The minimum absolute atomic E-state index is 0.284. The molecule has 104 valence electrons. The predicted molar refractivity (Wildman–Crippen MR) is 79.2 cm³/mol. The first-order valence-electron chi connectivity index (χ1n) is 6.18. The second-order valence-corrected chi connectivity index (χ2v) is 5.71. The van der Waals surface area contributed by atoms with E-state index in [0.29, 0.717) is 11.4 Å². The molecule has 20 heavy (non-hydrogen) atoms. The summed E-state index contributed by atoms with van der Waals surface area (Å²) in [6.07, 6.45) is 0.874. The Balaban J connectivity index is 2.27. The van der Waals surface area contributed by atoms with Crippen molar-refractivity contribution in [2.45, 2.75) is 19.4 Å². The second-order valence-electron chi connectivity index (χ2n) is 4.44. The quantitative estimate of drug-likeness (QED) is 0.832. The molecule has 0 saturated carbocycles. The molecule has 2 rings (SSSR count). The molecule has 0 bridgehead atoms. The number of carboxylic acid groups (broad SMARTS) is 1. The third-order valence-electron chi connectivity index (χ3n) is 2.99. The van der Waals surface area contributed by atoms with Gasteiger partial charge < -0.3 is 5.11 Å². The van der Waals surface area contributed by atoms with Crippen LogP contribution < -0.4 is 4.90 Å². The maximum absolute atomic E-state index is 11.5. The van der Waals surface area contributed by atoms with Gasteiger partial charge in [-0.1, -0.05) is 30.3 Å². The van der Waals surface area contributed by atoms with E-state index in [9.17, 15) is 14.7 Å². The van der Waals surface area contributed by atoms with Gasteiger partial charge in [0.2, 0.25) is 6.41 Å². The molecule has 1 amide bonds. The van der Waals surface area contributed by atoms with Crippen molar-refractivity contribution < 1.29 is 14.7 Å². The highest BCUT2D eigenvalue weighted by Gasteiger charge is 2.26. The maximum Gasteiger partial charge on any atom is 0.327 e. The van der Waals surface area contributed by atoms with Gasteiger partial charge in [-0.3, -0.25) is 9.69 Å². The van der Waals surface area contributed by atoms with Crippen LogP contribution in [0, 0.1) is 6.92 Å². The Hall–Kier alpha value is -2.14. The Kier molecular flexibility index (Phi) is 4.53. The van der Waals surface area contributed by atoms with Crippen molar-refractivity contribution in [3.8, 4) is 0 Å². The Morgan fingerprint density at radius 2 is 2.00 bits per heavy atom. The van der Waals surface area contributed by atoms with Crippen molar-refractivity contribution in [1.29, 1.82) is 0 Å². The zero-order chi connectivity index (χ0) is 14.5. The molecule has 2 aromatic rings. The van der Waals surface area contributed by atoms with Gasteiger partial charge in [0.1, 0.15) is 6.04 Å². The number of hydrogen-bond acceptors (Lipinski definition) is 3. The summed E-state index contributed by atoms with van der Waals surface area (Å²) in [5, 5.41) is 10.1. The highest BCUT2D eigenvalue weighted by molar-refractivity contribution is 7.16. The third kappa shape index (κ3) is 3.24. The lowest BCUT2D eigenvalue weighted by molar-refractivity contribution is -0.139. The number of nitrogens with zero attached hydrogens (tertiary/aromatic N) is 1. The molecular formula is C15H15NO3S. The van der Waals surface area contributed by atoms with Crippen LogP contribution in [0.3, 0.4) is 0 Å². The van der Waals surface area contributed by atoms with Crippen molar-refractivity contribution in [2.75, 3.05) is 4.90 Å². The molecule has 0 aliphatic rings. The van der Waals surface area contributed by atoms with Crippen LogP contribution >= 0.6 is 11.3 Å². The SMILES string of the molecule is Cc1ccc(N(C=O)C(Cc2ccccc2)C(=O)O)s1. The number of carbonyl (C=O) groups is 2. The summed E-state index contributed by atoms with van der Waals surface area (Å²) in [5.41, 5.74) is 0.889. The van der Waals surface area contributed by atoms with E-state index in [4.69, 9.17) is 0 Å². The lowest BCUT2D eigenvalue weighted by Crippen LogP contribution is -2.41. The van der Waals surface area contributed by atoms with Crippen LogP contribution in [0.4, 0.5) is 5.00 Å². The fourth-order valence-corrected chi connectivity index (χ4v) is 2.86. The van der Waals surface area contributed by atoms with E-state index in [-0.39, 0.29) is 6.42 Å². The summed E-state index contributed by atoms with van der Waals surface area (Å²) in [4.78, 5) is 25.1. The Morgan fingerprint density at radius 3 is 2.50 bits per heavy atom. The van der Waals surface area contributed by atoms with Crippen molar-refractivity contribution in [2.24, 2.45) is 0 Å². The molecule has 1 atom stereocenters. The Labute approximate surface area is 121 Å². The fraction of sp³-hybridized carbons (Fsp3) is 0.200. The van der Waals surface area contributed by atoms with Gasteiger partial charge in [-0.2, -0.15) is 0 Å². The molecule has 0 aliphatic carbocycles. The van der Waals surface area contributed by atoms with Gasteiger partial charge >= 0.3 is 5.97 Å². The average molecular weight is 289 g/mol. The number of carbonyl (C=O) groups excluding carboxylic acids is 1. The first-order valence-corrected chi connectivity index (χ1v) is 7.00. The topological polar surface area (TPSA) is 57.6 Å². The van der Waals surface area contributed by atoms with Crippen molar-refractivity contribution in [3.05, 3.63) is 52.9 Å². The highest BCUT2D eigenvalue weighted by atomic mass is 32.1. The number of aliphatic carboxylic acids is 1. The average Bonchev–Trinajstić information content (AvgIpc) is 2.86. The number of benzene rings is 1. The van der Waals surface area contributed by atoms with Crippen molar-refractivity contribution >= 4 is 28.7 Å². The summed E-state index contributed by atoms with van der Waals surface area (Å²) in [6, 6.07) is 12.1. The largest absolute Gasteiger partial charge is 0.480 e. The number of anilines is 1. The van der Waals surface area contributed by atoms with Gasteiger partial charge in [0.05, 0.1) is 5.00 Å². The minimum atomic E-state index is -1.01. The van der Waals surface area contributed by atoms with E-state index in [2.05, 4.69) is 0 Å². The first-order chi connectivity index (χ1) is 9.61. The number of aryl methyl sites for hydroxylation is 1. The molecule has 5 heteroatoms. The number of thiophene rings is 1. The van der Waals surface area contributed by atoms with Crippen LogP contribution in [0.25, 0.3) is 0 Å². The van der Waals surface area contributed by atoms with E-state index in [1.807, 2.05) is 43.3 Å². The molecule has 4 nitrogen and oxygen atoms in total. The van der Waals surface area contributed by atoms with Gasteiger partial charge in [-0.25, -0.2) is 4.79 Å². The molecule has 1 aromatic heterocycles. The van der Waals surface area contributed by atoms with Crippen LogP contribution in [0.1, 0.15) is 10.4 Å². The molecule has 0 fully saturated rings. The van der Waals surface area contributed by atoms with Gasteiger partial charge in [-0.05, 0) is 24.6 Å². The lowest BCUT2D eigenvalue weighted by atomic mass is 10.1. The number of carboxylic acids is 1. The minimum Gasteiger partial charge on any atom is -0.480 e. The second kappa shape index (κ2) is 6.34. The van der Waals surface area contributed by atoms with Crippen LogP contribution in [-0.4, -0.2) is 23.5 Å². The molecule has 0 saturated heterocycles. The monoisotopic (exact) mass is 289 g/mol. The summed E-state index contributed by atoms with van der Waals surface area (Å²) in [6.45, 7) is 1.92. The van der Waals surface area contributed by atoms with E-state index in [1.165, 1.54) is 16.2 Å². The summed E-state index contributed by atoms with van der Waals surface area (Å²) >= 11 is 1.41. The van der Waals surface area contributed by atoms with E-state index in [1.54, 1.807) is 6.07 Å². The normalized spacial score (nSPS) is 11.8. The number of amides is 1. The molecule has 1 heterocycles. The summed E-state index contributed by atoms with van der Waals surface area (Å²) in [7, 11) is 0. The van der Waals surface area contributed by atoms with Crippen LogP contribution in [0.15, 0.2) is 42.5 Å².